The Labute approximate surface area is 115 Å². The zero-order chi connectivity index (χ0) is 13.7. The molecule has 0 aliphatic carbocycles. The molecule has 0 atom stereocenters. The van der Waals surface area contributed by atoms with Gasteiger partial charge in [-0.15, -0.1) is 0 Å². The van der Waals surface area contributed by atoms with Crippen LogP contribution in [-0.2, 0) is 17.8 Å². The Hall–Kier alpha value is -1.39. The van der Waals surface area contributed by atoms with Crippen molar-refractivity contribution >= 4 is 11.6 Å². The van der Waals surface area contributed by atoms with E-state index >= 15 is 0 Å². The summed E-state index contributed by atoms with van der Waals surface area (Å²) < 4.78 is 0. The van der Waals surface area contributed by atoms with Crippen LogP contribution >= 0.6 is 0 Å². The zero-order valence-corrected chi connectivity index (χ0v) is 11.6. The summed E-state index contributed by atoms with van der Waals surface area (Å²) in [4.78, 5) is 13.4. The lowest BCUT2D eigenvalue weighted by Gasteiger charge is -2.26. The molecule has 19 heavy (non-hydrogen) atoms. The summed E-state index contributed by atoms with van der Waals surface area (Å²) in [5.74, 6) is 0.208. The number of rotatable bonds is 6. The standard InChI is InChI=1S/C15H23N3O/c1-18-14-6-4-12(11-17-9-3-2-8-16)10-13(14)5-7-15(18)19/h4,6,10,17H,2-3,5,7-9,11,16H2,1H3. The Bertz CT molecular complexity index is 445. The molecular formula is C15H23N3O. The Morgan fingerprint density at radius 1 is 1.32 bits per heavy atom. The van der Waals surface area contributed by atoms with Crippen LogP contribution in [0.15, 0.2) is 18.2 Å². The molecule has 1 heterocycles. The minimum Gasteiger partial charge on any atom is -0.330 e. The third-order valence-electron chi connectivity index (χ3n) is 3.62. The number of fused-ring (bicyclic) bond motifs is 1. The fraction of sp³-hybridized carbons (Fsp3) is 0.533. The molecule has 0 saturated heterocycles. The van der Waals surface area contributed by atoms with Crippen LogP contribution < -0.4 is 16.0 Å². The van der Waals surface area contributed by atoms with Crippen molar-refractivity contribution in [2.75, 3.05) is 25.0 Å². The van der Waals surface area contributed by atoms with Gasteiger partial charge in [0, 0.05) is 25.7 Å². The van der Waals surface area contributed by atoms with E-state index in [2.05, 4.69) is 23.5 Å². The first-order valence-electron chi connectivity index (χ1n) is 7.01. The molecule has 3 N–H and O–H groups in total. The first-order chi connectivity index (χ1) is 9.22. The van der Waals surface area contributed by atoms with Crippen molar-refractivity contribution in [3.63, 3.8) is 0 Å². The fourth-order valence-corrected chi connectivity index (χ4v) is 2.45. The molecule has 1 aromatic rings. The highest BCUT2D eigenvalue weighted by Gasteiger charge is 2.20. The van der Waals surface area contributed by atoms with Gasteiger partial charge < -0.3 is 16.0 Å². The molecule has 0 bridgehead atoms. The minimum atomic E-state index is 0.208. The predicted octanol–water partition coefficient (Wildman–Crippen LogP) is 1.42. The molecular weight excluding hydrogens is 238 g/mol. The van der Waals surface area contributed by atoms with Gasteiger partial charge in [-0.2, -0.15) is 0 Å². The Balaban J connectivity index is 1.92. The number of amides is 1. The van der Waals surface area contributed by atoms with Crippen LogP contribution in [-0.4, -0.2) is 26.0 Å². The summed E-state index contributed by atoms with van der Waals surface area (Å²) in [6.07, 6.45) is 3.68. The quantitative estimate of drug-likeness (QED) is 0.762. The summed E-state index contributed by atoms with van der Waals surface area (Å²) in [5.41, 5.74) is 9.09. The molecule has 2 rings (SSSR count). The summed E-state index contributed by atoms with van der Waals surface area (Å²) in [7, 11) is 1.85. The van der Waals surface area contributed by atoms with Gasteiger partial charge in [-0.05, 0) is 49.5 Å². The van der Waals surface area contributed by atoms with E-state index in [9.17, 15) is 4.79 Å². The van der Waals surface area contributed by atoms with E-state index in [4.69, 9.17) is 5.73 Å². The van der Waals surface area contributed by atoms with Crippen molar-refractivity contribution in [2.45, 2.75) is 32.2 Å². The topological polar surface area (TPSA) is 58.4 Å². The van der Waals surface area contributed by atoms with Crippen molar-refractivity contribution in [3.05, 3.63) is 29.3 Å². The minimum absolute atomic E-state index is 0.208. The monoisotopic (exact) mass is 261 g/mol. The second kappa shape index (κ2) is 6.68. The van der Waals surface area contributed by atoms with Crippen LogP contribution in [0.2, 0.25) is 0 Å². The van der Waals surface area contributed by atoms with E-state index < -0.39 is 0 Å². The molecule has 0 saturated carbocycles. The lowest BCUT2D eigenvalue weighted by molar-refractivity contribution is -0.118. The van der Waals surface area contributed by atoms with Crippen molar-refractivity contribution in [2.24, 2.45) is 5.73 Å². The lowest BCUT2D eigenvalue weighted by atomic mass is 9.99. The van der Waals surface area contributed by atoms with Gasteiger partial charge >= 0.3 is 0 Å². The number of carbonyl (C=O) groups is 1. The van der Waals surface area contributed by atoms with Crippen molar-refractivity contribution in [3.8, 4) is 0 Å². The highest BCUT2D eigenvalue weighted by Crippen LogP contribution is 2.27. The van der Waals surface area contributed by atoms with E-state index in [0.29, 0.717) is 6.42 Å². The number of carbonyl (C=O) groups excluding carboxylic acids is 1. The van der Waals surface area contributed by atoms with E-state index in [0.717, 1.165) is 44.6 Å². The molecule has 0 fully saturated rings. The van der Waals surface area contributed by atoms with Gasteiger partial charge in [-0.3, -0.25) is 4.79 Å². The maximum atomic E-state index is 11.6. The highest BCUT2D eigenvalue weighted by atomic mass is 16.2. The van der Waals surface area contributed by atoms with Crippen LogP contribution in [0.1, 0.15) is 30.4 Å². The largest absolute Gasteiger partial charge is 0.330 e. The third kappa shape index (κ3) is 3.55. The number of benzene rings is 1. The van der Waals surface area contributed by atoms with E-state index in [1.807, 2.05) is 7.05 Å². The van der Waals surface area contributed by atoms with Gasteiger partial charge in [0.2, 0.25) is 5.91 Å². The number of nitrogens with two attached hydrogens (primary N) is 1. The summed E-state index contributed by atoms with van der Waals surface area (Å²) in [5, 5.41) is 3.43. The third-order valence-corrected chi connectivity index (χ3v) is 3.62. The van der Waals surface area contributed by atoms with Crippen LogP contribution in [0.5, 0.6) is 0 Å². The predicted molar refractivity (Wildman–Crippen MR) is 78.2 cm³/mol. The summed E-state index contributed by atoms with van der Waals surface area (Å²) in [6.45, 7) is 2.66. The van der Waals surface area contributed by atoms with Crippen molar-refractivity contribution in [1.29, 1.82) is 0 Å². The number of aryl methyl sites for hydroxylation is 1. The lowest BCUT2D eigenvalue weighted by Crippen LogP contribution is -2.31. The number of hydrogen-bond acceptors (Lipinski definition) is 3. The average molecular weight is 261 g/mol. The second-order valence-corrected chi connectivity index (χ2v) is 5.09. The Morgan fingerprint density at radius 3 is 2.95 bits per heavy atom. The highest BCUT2D eigenvalue weighted by molar-refractivity contribution is 5.95. The molecule has 4 nitrogen and oxygen atoms in total. The Kier molecular flexibility index (Phi) is 4.93. The van der Waals surface area contributed by atoms with Gasteiger partial charge in [0.1, 0.15) is 0 Å². The number of hydrogen-bond donors (Lipinski definition) is 2. The van der Waals surface area contributed by atoms with Gasteiger partial charge in [0.25, 0.3) is 0 Å². The fourth-order valence-electron chi connectivity index (χ4n) is 2.45. The Morgan fingerprint density at radius 2 is 2.16 bits per heavy atom. The first-order valence-corrected chi connectivity index (χ1v) is 7.01. The molecule has 0 unspecified atom stereocenters. The molecule has 1 aromatic carbocycles. The van der Waals surface area contributed by atoms with E-state index in [-0.39, 0.29) is 5.91 Å². The van der Waals surface area contributed by atoms with Gasteiger partial charge in [-0.25, -0.2) is 0 Å². The maximum Gasteiger partial charge on any atom is 0.227 e. The van der Waals surface area contributed by atoms with E-state index in [1.165, 1.54) is 11.1 Å². The first kappa shape index (κ1) is 14.0. The normalized spacial score (nSPS) is 14.6. The molecule has 104 valence electrons. The second-order valence-electron chi connectivity index (χ2n) is 5.09. The number of nitrogens with one attached hydrogen (secondary N) is 1. The van der Waals surface area contributed by atoms with Crippen LogP contribution in [0.3, 0.4) is 0 Å². The molecule has 0 aromatic heterocycles. The number of nitrogens with zero attached hydrogens (tertiary/aromatic N) is 1. The molecule has 1 amide bonds. The summed E-state index contributed by atoms with van der Waals surface area (Å²) in [6, 6.07) is 6.38. The van der Waals surface area contributed by atoms with Crippen molar-refractivity contribution in [1.82, 2.24) is 5.32 Å². The van der Waals surface area contributed by atoms with Crippen LogP contribution in [0.25, 0.3) is 0 Å². The van der Waals surface area contributed by atoms with E-state index in [1.54, 1.807) is 4.90 Å². The molecule has 4 heteroatoms. The number of unbranched alkanes of at least 4 members (excludes halogenated alkanes) is 1. The number of anilines is 1. The molecule has 1 aliphatic rings. The van der Waals surface area contributed by atoms with Crippen LogP contribution in [0, 0.1) is 0 Å². The maximum absolute atomic E-state index is 11.6. The zero-order valence-electron chi connectivity index (χ0n) is 11.6. The molecule has 1 aliphatic heterocycles. The molecule has 0 radical (unpaired) electrons. The van der Waals surface area contributed by atoms with Crippen molar-refractivity contribution < 1.29 is 4.79 Å². The van der Waals surface area contributed by atoms with Gasteiger partial charge in [0.15, 0.2) is 0 Å². The average Bonchev–Trinajstić information content (AvgIpc) is 2.43. The van der Waals surface area contributed by atoms with Gasteiger partial charge in [0.05, 0.1) is 0 Å². The molecule has 0 spiro atoms. The van der Waals surface area contributed by atoms with Gasteiger partial charge in [-0.1, -0.05) is 12.1 Å². The SMILES string of the molecule is CN1C(=O)CCc2cc(CNCCCCN)ccc21. The smallest absolute Gasteiger partial charge is 0.227 e. The van der Waals surface area contributed by atoms with Crippen LogP contribution in [0.4, 0.5) is 5.69 Å². The summed E-state index contributed by atoms with van der Waals surface area (Å²) >= 11 is 0.